The van der Waals surface area contributed by atoms with Gasteiger partial charge in [-0.15, -0.1) is 0 Å². The van der Waals surface area contributed by atoms with E-state index in [1.54, 1.807) is 10.9 Å². The summed E-state index contributed by atoms with van der Waals surface area (Å²) >= 11 is 0. The summed E-state index contributed by atoms with van der Waals surface area (Å²) in [6.45, 7) is 3.98. The van der Waals surface area contributed by atoms with E-state index in [-0.39, 0.29) is 5.91 Å². The van der Waals surface area contributed by atoms with Crippen molar-refractivity contribution in [3.8, 4) is 11.1 Å². The zero-order chi connectivity index (χ0) is 17.1. The van der Waals surface area contributed by atoms with Crippen LogP contribution in [0, 0.1) is 6.92 Å². The van der Waals surface area contributed by atoms with Crippen LogP contribution in [0.2, 0.25) is 0 Å². The van der Waals surface area contributed by atoms with Gasteiger partial charge in [0.15, 0.2) is 0 Å². The Morgan fingerprint density at radius 1 is 1.08 bits per heavy atom. The molecule has 1 N–H and O–H groups in total. The molecule has 0 saturated heterocycles. The van der Waals surface area contributed by atoms with Gasteiger partial charge in [-0.2, -0.15) is 5.10 Å². The summed E-state index contributed by atoms with van der Waals surface area (Å²) < 4.78 is 1.66. The lowest BCUT2D eigenvalue weighted by Gasteiger charge is -2.14. The first-order valence-electron chi connectivity index (χ1n) is 8.09. The molecule has 0 unspecified atom stereocenters. The average Bonchev–Trinajstić information content (AvgIpc) is 2.94. The molecule has 0 aliphatic carbocycles. The summed E-state index contributed by atoms with van der Waals surface area (Å²) in [6.07, 6.45) is 2.69. The maximum Gasteiger partial charge on any atom is 0.259 e. The van der Waals surface area contributed by atoms with Crippen LogP contribution in [0.1, 0.15) is 28.5 Å². The highest BCUT2D eigenvalue weighted by molar-refractivity contribution is 6.06. The molecule has 0 bridgehead atoms. The lowest BCUT2D eigenvalue weighted by molar-refractivity contribution is 0.102. The summed E-state index contributed by atoms with van der Waals surface area (Å²) in [5, 5.41) is 7.28. The quantitative estimate of drug-likeness (QED) is 0.783. The molecule has 4 heteroatoms. The lowest BCUT2D eigenvalue weighted by Crippen LogP contribution is -2.13. The van der Waals surface area contributed by atoms with Crippen LogP contribution >= 0.6 is 0 Å². The van der Waals surface area contributed by atoms with Gasteiger partial charge >= 0.3 is 0 Å². The van der Waals surface area contributed by atoms with Crippen molar-refractivity contribution in [3.63, 3.8) is 0 Å². The van der Waals surface area contributed by atoms with Gasteiger partial charge in [-0.1, -0.05) is 49.4 Å². The first-order chi connectivity index (χ1) is 11.6. The molecule has 0 aliphatic rings. The summed E-state index contributed by atoms with van der Waals surface area (Å²) in [6, 6.07) is 16.2. The molecular formula is C20H21N3O. The number of carbonyl (C=O) groups is 1. The zero-order valence-corrected chi connectivity index (χ0v) is 14.2. The highest BCUT2D eigenvalue weighted by atomic mass is 16.1. The molecule has 24 heavy (non-hydrogen) atoms. The maximum atomic E-state index is 12.6. The predicted molar refractivity (Wildman–Crippen MR) is 97.2 cm³/mol. The predicted octanol–water partition coefficient (Wildman–Crippen LogP) is 4.21. The molecule has 0 atom stereocenters. The van der Waals surface area contributed by atoms with E-state index in [1.807, 2.05) is 50.4 Å². The van der Waals surface area contributed by atoms with Crippen molar-refractivity contribution in [2.24, 2.45) is 7.05 Å². The number of benzene rings is 2. The molecule has 3 aromatic rings. The van der Waals surface area contributed by atoms with Crippen molar-refractivity contribution < 1.29 is 4.79 Å². The molecule has 1 aromatic heterocycles. The first kappa shape index (κ1) is 16.0. The van der Waals surface area contributed by atoms with Crippen LogP contribution in [0.4, 0.5) is 5.69 Å². The number of aryl methyl sites for hydroxylation is 3. The van der Waals surface area contributed by atoms with Gasteiger partial charge in [-0.3, -0.25) is 9.48 Å². The molecule has 122 valence electrons. The zero-order valence-electron chi connectivity index (χ0n) is 14.2. The smallest absolute Gasteiger partial charge is 0.259 e. The van der Waals surface area contributed by atoms with Crippen LogP contribution in [0.25, 0.3) is 11.1 Å². The Bertz CT molecular complexity index is 880. The Hall–Kier alpha value is -2.88. The van der Waals surface area contributed by atoms with E-state index in [2.05, 4.69) is 29.5 Å². The second kappa shape index (κ2) is 6.71. The van der Waals surface area contributed by atoms with Crippen LogP contribution in [-0.2, 0) is 13.5 Å². The van der Waals surface area contributed by atoms with Crippen molar-refractivity contribution >= 4 is 11.6 Å². The van der Waals surface area contributed by atoms with E-state index >= 15 is 0 Å². The molecule has 4 nitrogen and oxygen atoms in total. The fraction of sp³-hybridized carbons (Fsp3) is 0.200. The molecule has 0 aliphatic heterocycles. The molecule has 2 aromatic carbocycles. The third-order valence-electron chi connectivity index (χ3n) is 4.12. The van der Waals surface area contributed by atoms with E-state index in [4.69, 9.17) is 0 Å². The number of rotatable bonds is 4. The number of nitrogens with one attached hydrogen (secondary N) is 1. The number of para-hydroxylation sites is 1. The van der Waals surface area contributed by atoms with Gasteiger partial charge in [0.25, 0.3) is 5.91 Å². The summed E-state index contributed by atoms with van der Waals surface area (Å²) in [4.78, 5) is 12.6. The average molecular weight is 319 g/mol. The molecule has 0 spiro atoms. The molecular weight excluding hydrogens is 298 g/mol. The molecule has 0 fully saturated rings. The van der Waals surface area contributed by atoms with E-state index in [1.165, 1.54) is 5.56 Å². The van der Waals surface area contributed by atoms with E-state index < -0.39 is 0 Å². The topological polar surface area (TPSA) is 46.9 Å². The monoisotopic (exact) mass is 319 g/mol. The fourth-order valence-electron chi connectivity index (χ4n) is 2.93. The second-order valence-electron chi connectivity index (χ2n) is 5.81. The minimum atomic E-state index is -0.137. The Labute approximate surface area is 142 Å². The minimum Gasteiger partial charge on any atom is -0.321 e. The van der Waals surface area contributed by atoms with E-state index in [9.17, 15) is 4.79 Å². The summed E-state index contributed by atoms with van der Waals surface area (Å²) in [7, 11) is 1.81. The third kappa shape index (κ3) is 3.08. The van der Waals surface area contributed by atoms with Gasteiger partial charge < -0.3 is 5.32 Å². The molecule has 3 rings (SSSR count). The normalized spacial score (nSPS) is 10.6. The van der Waals surface area contributed by atoms with Gasteiger partial charge in [0.2, 0.25) is 0 Å². The molecule has 1 heterocycles. The number of hydrogen-bond acceptors (Lipinski definition) is 2. The van der Waals surface area contributed by atoms with E-state index in [0.29, 0.717) is 5.56 Å². The first-order valence-corrected chi connectivity index (χ1v) is 8.09. The number of anilines is 1. The van der Waals surface area contributed by atoms with Crippen molar-refractivity contribution in [2.75, 3.05) is 5.32 Å². The van der Waals surface area contributed by atoms with Crippen LogP contribution in [0.5, 0.6) is 0 Å². The fourth-order valence-corrected chi connectivity index (χ4v) is 2.93. The SMILES string of the molecule is CCc1ccccc1-c1ccccc1NC(=O)c1cn(C)nc1C. The lowest BCUT2D eigenvalue weighted by atomic mass is 9.96. The number of amides is 1. The molecule has 0 radical (unpaired) electrons. The third-order valence-corrected chi connectivity index (χ3v) is 4.12. The van der Waals surface area contributed by atoms with Gasteiger partial charge in [0, 0.05) is 24.5 Å². The Kier molecular flexibility index (Phi) is 4.47. The standard InChI is InChI=1S/C20H21N3O/c1-4-15-9-5-6-10-16(15)17-11-7-8-12-19(17)21-20(24)18-13-23(3)22-14(18)2/h5-13H,4H2,1-3H3,(H,21,24). The van der Waals surface area contributed by atoms with Crippen LogP contribution in [0.3, 0.4) is 0 Å². The Morgan fingerprint density at radius 2 is 1.75 bits per heavy atom. The minimum absolute atomic E-state index is 0.137. The number of carbonyl (C=O) groups excluding carboxylic acids is 1. The molecule has 0 saturated carbocycles. The van der Waals surface area contributed by atoms with Crippen molar-refractivity contribution in [3.05, 3.63) is 71.5 Å². The van der Waals surface area contributed by atoms with Crippen molar-refractivity contribution in [1.29, 1.82) is 0 Å². The van der Waals surface area contributed by atoms with Gasteiger partial charge in [0.05, 0.1) is 11.3 Å². The summed E-state index contributed by atoms with van der Waals surface area (Å²) in [5.41, 5.74) is 5.57. The number of aromatic nitrogens is 2. The van der Waals surface area contributed by atoms with Crippen molar-refractivity contribution in [2.45, 2.75) is 20.3 Å². The van der Waals surface area contributed by atoms with Crippen LogP contribution < -0.4 is 5.32 Å². The van der Waals surface area contributed by atoms with Crippen LogP contribution in [-0.4, -0.2) is 15.7 Å². The van der Waals surface area contributed by atoms with Gasteiger partial charge in [0.1, 0.15) is 0 Å². The highest BCUT2D eigenvalue weighted by Crippen LogP contribution is 2.31. The van der Waals surface area contributed by atoms with Gasteiger partial charge in [-0.05, 0) is 30.5 Å². The highest BCUT2D eigenvalue weighted by Gasteiger charge is 2.15. The second-order valence-corrected chi connectivity index (χ2v) is 5.81. The van der Waals surface area contributed by atoms with E-state index in [0.717, 1.165) is 28.9 Å². The molecule has 1 amide bonds. The number of hydrogen-bond donors (Lipinski definition) is 1. The number of nitrogens with zero attached hydrogens (tertiary/aromatic N) is 2. The van der Waals surface area contributed by atoms with Gasteiger partial charge in [-0.25, -0.2) is 0 Å². The summed E-state index contributed by atoms with van der Waals surface area (Å²) in [5.74, 6) is -0.137. The maximum absolute atomic E-state index is 12.6. The Balaban J connectivity index is 1.98. The largest absolute Gasteiger partial charge is 0.321 e. The van der Waals surface area contributed by atoms with Crippen molar-refractivity contribution in [1.82, 2.24) is 9.78 Å². The Morgan fingerprint density at radius 3 is 2.42 bits per heavy atom. The van der Waals surface area contributed by atoms with Crippen LogP contribution in [0.15, 0.2) is 54.7 Å².